The molecule has 0 radical (unpaired) electrons. The molecule has 2 heteroatoms. The first-order valence-electron chi connectivity index (χ1n) is 6.91. The first-order valence-corrected chi connectivity index (χ1v) is 6.91. The molecule has 0 aliphatic heterocycles. The molecule has 0 atom stereocenters. The minimum atomic E-state index is 0.0220. The SMILES string of the molecule is Cc1cc(C)cc(C(=O)c2ccccc2-c2ccco2)c1. The summed E-state index contributed by atoms with van der Waals surface area (Å²) in [5.41, 5.74) is 4.39. The first-order chi connectivity index (χ1) is 10.1. The van der Waals surface area contributed by atoms with Gasteiger partial charge in [-0.2, -0.15) is 0 Å². The topological polar surface area (TPSA) is 30.2 Å². The lowest BCUT2D eigenvalue weighted by Crippen LogP contribution is -2.04. The van der Waals surface area contributed by atoms with Crippen LogP contribution < -0.4 is 0 Å². The van der Waals surface area contributed by atoms with Gasteiger partial charge in [0.2, 0.25) is 0 Å². The highest BCUT2D eigenvalue weighted by Crippen LogP contribution is 2.26. The molecule has 3 rings (SSSR count). The predicted octanol–water partition coefficient (Wildman–Crippen LogP) is 4.79. The fraction of sp³-hybridized carbons (Fsp3) is 0.105. The average Bonchev–Trinajstić information content (AvgIpc) is 2.99. The number of carbonyl (C=O) groups excluding carboxylic acids is 1. The summed E-state index contributed by atoms with van der Waals surface area (Å²) in [6.45, 7) is 4.00. The van der Waals surface area contributed by atoms with Gasteiger partial charge >= 0.3 is 0 Å². The Kier molecular flexibility index (Phi) is 3.44. The van der Waals surface area contributed by atoms with Gasteiger partial charge < -0.3 is 4.42 Å². The third-order valence-electron chi connectivity index (χ3n) is 3.44. The van der Waals surface area contributed by atoms with E-state index in [1.807, 2.05) is 62.4 Å². The maximum atomic E-state index is 12.8. The van der Waals surface area contributed by atoms with Crippen molar-refractivity contribution in [1.29, 1.82) is 0 Å². The smallest absolute Gasteiger partial charge is 0.193 e. The number of furan rings is 1. The molecule has 0 amide bonds. The molecular formula is C19H16O2. The molecule has 0 unspecified atom stereocenters. The van der Waals surface area contributed by atoms with E-state index in [1.165, 1.54) is 0 Å². The van der Waals surface area contributed by atoms with Crippen LogP contribution in [0.25, 0.3) is 11.3 Å². The van der Waals surface area contributed by atoms with Crippen molar-refractivity contribution < 1.29 is 9.21 Å². The van der Waals surface area contributed by atoms with Crippen molar-refractivity contribution in [2.45, 2.75) is 13.8 Å². The van der Waals surface area contributed by atoms with Gasteiger partial charge in [-0.15, -0.1) is 0 Å². The van der Waals surface area contributed by atoms with Crippen molar-refractivity contribution in [1.82, 2.24) is 0 Å². The number of carbonyl (C=O) groups is 1. The molecule has 3 aromatic rings. The number of hydrogen-bond acceptors (Lipinski definition) is 2. The van der Waals surface area contributed by atoms with Crippen LogP contribution in [0.2, 0.25) is 0 Å². The highest BCUT2D eigenvalue weighted by atomic mass is 16.3. The summed E-state index contributed by atoms with van der Waals surface area (Å²) in [6.07, 6.45) is 1.62. The Morgan fingerprint density at radius 1 is 0.905 bits per heavy atom. The highest BCUT2D eigenvalue weighted by molar-refractivity contribution is 6.12. The van der Waals surface area contributed by atoms with Crippen LogP contribution in [0.15, 0.2) is 65.3 Å². The third-order valence-corrected chi connectivity index (χ3v) is 3.44. The number of rotatable bonds is 3. The number of benzene rings is 2. The zero-order valence-electron chi connectivity index (χ0n) is 12.1. The Balaban J connectivity index is 2.10. The molecule has 2 aromatic carbocycles. The predicted molar refractivity (Wildman–Crippen MR) is 83.5 cm³/mol. The Labute approximate surface area is 124 Å². The second-order valence-electron chi connectivity index (χ2n) is 5.23. The number of ketones is 1. The molecule has 0 N–H and O–H groups in total. The molecule has 0 saturated carbocycles. The van der Waals surface area contributed by atoms with Crippen molar-refractivity contribution in [3.8, 4) is 11.3 Å². The lowest BCUT2D eigenvalue weighted by Gasteiger charge is -2.08. The van der Waals surface area contributed by atoms with Gasteiger partial charge in [-0.25, -0.2) is 0 Å². The molecule has 2 nitrogen and oxygen atoms in total. The molecule has 0 aliphatic rings. The van der Waals surface area contributed by atoms with Crippen molar-refractivity contribution in [2.24, 2.45) is 0 Å². The van der Waals surface area contributed by atoms with Crippen LogP contribution in [-0.4, -0.2) is 5.78 Å². The first kappa shape index (κ1) is 13.4. The standard InChI is InChI=1S/C19H16O2/c1-13-10-14(2)12-15(11-13)19(20)17-7-4-3-6-16(17)18-8-5-9-21-18/h3-12H,1-2H3. The lowest BCUT2D eigenvalue weighted by atomic mass is 9.95. The maximum Gasteiger partial charge on any atom is 0.193 e. The fourth-order valence-corrected chi connectivity index (χ4v) is 2.59. The van der Waals surface area contributed by atoms with Gasteiger partial charge in [0.1, 0.15) is 5.76 Å². The fourth-order valence-electron chi connectivity index (χ4n) is 2.59. The van der Waals surface area contributed by atoms with E-state index in [4.69, 9.17) is 4.42 Å². The zero-order chi connectivity index (χ0) is 14.8. The van der Waals surface area contributed by atoms with E-state index in [0.717, 1.165) is 16.7 Å². The maximum absolute atomic E-state index is 12.8. The summed E-state index contributed by atoms with van der Waals surface area (Å²) >= 11 is 0. The largest absolute Gasteiger partial charge is 0.464 e. The van der Waals surface area contributed by atoms with Gasteiger partial charge in [0, 0.05) is 16.7 Å². The number of aryl methyl sites for hydroxylation is 2. The van der Waals surface area contributed by atoms with Gasteiger partial charge in [0.05, 0.1) is 6.26 Å². The van der Waals surface area contributed by atoms with E-state index in [-0.39, 0.29) is 5.78 Å². The van der Waals surface area contributed by atoms with E-state index < -0.39 is 0 Å². The van der Waals surface area contributed by atoms with Crippen LogP contribution in [0.5, 0.6) is 0 Å². The third kappa shape index (κ3) is 2.65. The van der Waals surface area contributed by atoms with Crippen molar-refractivity contribution in [3.05, 3.63) is 83.1 Å². The van der Waals surface area contributed by atoms with Crippen LogP contribution in [-0.2, 0) is 0 Å². The van der Waals surface area contributed by atoms with E-state index in [2.05, 4.69) is 6.07 Å². The summed E-state index contributed by atoms with van der Waals surface area (Å²) in [5.74, 6) is 0.733. The van der Waals surface area contributed by atoms with Crippen LogP contribution in [0.3, 0.4) is 0 Å². The summed E-state index contributed by atoms with van der Waals surface area (Å²) < 4.78 is 5.44. The molecule has 0 aliphatic carbocycles. The van der Waals surface area contributed by atoms with Gasteiger partial charge in [0.15, 0.2) is 5.78 Å². The average molecular weight is 276 g/mol. The molecule has 21 heavy (non-hydrogen) atoms. The van der Waals surface area contributed by atoms with Gasteiger partial charge in [-0.05, 0) is 38.1 Å². The van der Waals surface area contributed by atoms with Gasteiger partial charge in [0.25, 0.3) is 0 Å². The Morgan fingerprint density at radius 3 is 2.29 bits per heavy atom. The van der Waals surface area contributed by atoms with Crippen LogP contribution in [0, 0.1) is 13.8 Å². The zero-order valence-corrected chi connectivity index (χ0v) is 12.1. The molecule has 0 fully saturated rings. The molecule has 0 saturated heterocycles. The molecule has 0 spiro atoms. The Hall–Kier alpha value is -2.61. The van der Waals surface area contributed by atoms with Crippen LogP contribution in [0.1, 0.15) is 27.0 Å². The summed E-state index contributed by atoms with van der Waals surface area (Å²) in [6, 6.07) is 17.2. The molecule has 1 heterocycles. The molecule has 1 aromatic heterocycles. The minimum Gasteiger partial charge on any atom is -0.464 e. The minimum absolute atomic E-state index is 0.0220. The molecule has 104 valence electrons. The van der Waals surface area contributed by atoms with E-state index in [9.17, 15) is 4.79 Å². The van der Waals surface area contributed by atoms with Crippen molar-refractivity contribution >= 4 is 5.78 Å². The Morgan fingerprint density at radius 2 is 1.62 bits per heavy atom. The van der Waals surface area contributed by atoms with Crippen LogP contribution in [0.4, 0.5) is 0 Å². The number of hydrogen-bond donors (Lipinski definition) is 0. The van der Waals surface area contributed by atoms with Crippen molar-refractivity contribution in [2.75, 3.05) is 0 Å². The quantitative estimate of drug-likeness (QED) is 0.643. The van der Waals surface area contributed by atoms with Crippen molar-refractivity contribution in [3.63, 3.8) is 0 Å². The second kappa shape index (κ2) is 5.41. The van der Waals surface area contributed by atoms with E-state index in [1.54, 1.807) is 6.26 Å². The Bertz CT molecular complexity index is 763. The normalized spacial score (nSPS) is 10.6. The highest BCUT2D eigenvalue weighted by Gasteiger charge is 2.16. The summed E-state index contributed by atoms with van der Waals surface area (Å²) in [5, 5.41) is 0. The molecule has 0 bridgehead atoms. The van der Waals surface area contributed by atoms with E-state index >= 15 is 0 Å². The summed E-state index contributed by atoms with van der Waals surface area (Å²) in [4.78, 5) is 12.8. The second-order valence-corrected chi connectivity index (χ2v) is 5.23. The van der Waals surface area contributed by atoms with Gasteiger partial charge in [-0.1, -0.05) is 41.5 Å². The lowest BCUT2D eigenvalue weighted by molar-refractivity contribution is 0.103. The summed E-state index contributed by atoms with van der Waals surface area (Å²) in [7, 11) is 0. The van der Waals surface area contributed by atoms with Crippen LogP contribution >= 0.6 is 0 Å². The van der Waals surface area contributed by atoms with E-state index in [0.29, 0.717) is 16.9 Å². The molecular weight excluding hydrogens is 260 g/mol. The monoisotopic (exact) mass is 276 g/mol. The van der Waals surface area contributed by atoms with Gasteiger partial charge in [-0.3, -0.25) is 4.79 Å².